The van der Waals surface area contributed by atoms with Crippen molar-refractivity contribution in [3.8, 4) is 0 Å². The van der Waals surface area contributed by atoms with Crippen LogP contribution in [-0.4, -0.2) is 26.4 Å². The monoisotopic (exact) mass is 438 g/mol. The van der Waals surface area contributed by atoms with Crippen LogP contribution in [0.4, 0.5) is 0 Å². The highest BCUT2D eigenvalue weighted by molar-refractivity contribution is 7.89. The van der Waals surface area contributed by atoms with Gasteiger partial charge in [-0.3, -0.25) is 4.79 Å². The standard InChI is InChI=1S/C22H31ClN2O3S/c1-13(2)25-29(27,28)18-4-5-20(23)19(9-18)21(26)24-14(3)22-10-15-6-16(11-22)8-17(7-15)12-22/h4-5,9,13-17,25H,6-8,10-12H2,1-3H3,(H,24,26)/t14-,15?,16?,17?,22?/m1/s1. The zero-order valence-electron chi connectivity index (χ0n) is 17.4. The maximum atomic E-state index is 13.1. The van der Waals surface area contributed by atoms with Crippen LogP contribution in [0.1, 0.15) is 69.7 Å². The first-order chi connectivity index (χ1) is 13.6. The molecular weight excluding hydrogens is 408 g/mol. The van der Waals surface area contributed by atoms with Crippen LogP contribution in [0.5, 0.6) is 0 Å². The smallest absolute Gasteiger partial charge is 0.253 e. The lowest BCUT2D eigenvalue weighted by Crippen LogP contribution is -2.55. The third kappa shape index (κ3) is 4.08. The number of amides is 1. The van der Waals surface area contributed by atoms with Gasteiger partial charge in [-0.25, -0.2) is 13.1 Å². The second kappa shape index (κ2) is 7.54. The van der Waals surface area contributed by atoms with Gasteiger partial charge in [0.1, 0.15) is 0 Å². The minimum absolute atomic E-state index is 0.0496. The predicted molar refractivity (Wildman–Crippen MR) is 114 cm³/mol. The van der Waals surface area contributed by atoms with Gasteiger partial charge in [-0.05, 0) is 101 Å². The molecular formula is C22H31ClN2O3S. The average Bonchev–Trinajstić information content (AvgIpc) is 2.59. The highest BCUT2D eigenvalue weighted by Crippen LogP contribution is 2.61. The van der Waals surface area contributed by atoms with E-state index in [1.54, 1.807) is 13.8 Å². The largest absolute Gasteiger partial charge is 0.349 e. The van der Waals surface area contributed by atoms with Crippen molar-refractivity contribution in [3.05, 3.63) is 28.8 Å². The van der Waals surface area contributed by atoms with Crippen molar-refractivity contribution in [2.24, 2.45) is 23.2 Å². The molecule has 0 aromatic heterocycles. The molecule has 5 nitrogen and oxygen atoms in total. The molecule has 1 aromatic rings. The fourth-order valence-electron chi connectivity index (χ4n) is 6.36. The average molecular weight is 439 g/mol. The molecule has 4 aliphatic carbocycles. The van der Waals surface area contributed by atoms with E-state index in [0.717, 1.165) is 17.8 Å². The Morgan fingerprint density at radius 3 is 2.14 bits per heavy atom. The lowest BCUT2D eigenvalue weighted by atomic mass is 9.48. The van der Waals surface area contributed by atoms with Crippen LogP contribution in [0.2, 0.25) is 5.02 Å². The number of benzene rings is 1. The molecule has 160 valence electrons. The Labute approximate surface area is 179 Å². The summed E-state index contributed by atoms with van der Waals surface area (Å²) in [6.07, 6.45) is 7.65. The Hall–Kier alpha value is -1.11. The summed E-state index contributed by atoms with van der Waals surface area (Å²) in [6.45, 7) is 5.63. The normalized spacial score (nSPS) is 31.8. The van der Waals surface area contributed by atoms with E-state index in [-0.39, 0.29) is 38.9 Å². The van der Waals surface area contributed by atoms with Crippen molar-refractivity contribution in [3.63, 3.8) is 0 Å². The van der Waals surface area contributed by atoms with Gasteiger partial charge in [0.2, 0.25) is 10.0 Å². The third-order valence-corrected chi connectivity index (χ3v) is 9.22. The van der Waals surface area contributed by atoms with Gasteiger partial charge in [0.05, 0.1) is 15.5 Å². The van der Waals surface area contributed by atoms with Gasteiger partial charge in [-0.2, -0.15) is 0 Å². The van der Waals surface area contributed by atoms with E-state index in [4.69, 9.17) is 11.6 Å². The first kappa shape index (κ1) is 21.1. The van der Waals surface area contributed by atoms with Crippen LogP contribution in [0.3, 0.4) is 0 Å². The van der Waals surface area contributed by atoms with Crippen LogP contribution >= 0.6 is 11.6 Å². The fourth-order valence-corrected chi connectivity index (χ4v) is 7.84. The van der Waals surface area contributed by atoms with Crippen LogP contribution in [-0.2, 0) is 10.0 Å². The molecule has 0 aliphatic heterocycles. The first-order valence-corrected chi connectivity index (χ1v) is 12.6. The molecule has 4 bridgehead atoms. The number of carbonyl (C=O) groups is 1. The minimum Gasteiger partial charge on any atom is -0.349 e. The van der Waals surface area contributed by atoms with Gasteiger partial charge in [0.25, 0.3) is 5.91 Å². The van der Waals surface area contributed by atoms with Crippen molar-refractivity contribution in [1.29, 1.82) is 0 Å². The number of rotatable bonds is 6. The molecule has 0 heterocycles. The van der Waals surface area contributed by atoms with Crippen LogP contribution < -0.4 is 10.0 Å². The summed E-state index contributed by atoms with van der Waals surface area (Å²) in [4.78, 5) is 13.1. The number of hydrogen-bond acceptors (Lipinski definition) is 3. The molecule has 1 aromatic carbocycles. The van der Waals surface area contributed by atoms with Gasteiger partial charge < -0.3 is 5.32 Å². The Kier molecular flexibility index (Phi) is 5.50. The summed E-state index contributed by atoms with van der Waals surface area (Å²) in [7, 11) is -3.69. The van der Waals surface area contributed by atoms with Crippen LogP contribution in [0.25, 0.3) is 0 Å². The summed E-state index contributed by atoms with van der Waals surface area (Å²) < 4.78 is 27.5. The molecule has 4 saturated carbocycles. The number of halogens is 1. The summed E-state index contributed by atoms with van der Waals surface area (Å²) >= 11 is 6.27. The third-order valence-electron chi connectivity index (χ3n) is 7.24. The molecule has 1 amide bonds. The van der Waals surface area contributed by atoms with Gasteiger partial charge >= 0.3 is 0 Å². The molecule has 5 rings (SSSR count). The van der Waals surface area contributed by atoms with E-state index in [1.807, 2.05) is 0 Å². The number of hydrogen-bond donors (Lipinski definition) is 2. The number of sulfonamides is 1. The first-order valence-electron chi connectivity index (χ1n) is 10.7. The van der Waals surface area contributed by atoms with Gasteiger partial charge in [-0.15, -0.1) is 0 Å². The van der Waals surface area contributed by atoms with Crippen molar-refractivity contribution < 1.29 is 13.2 Å². The van der Waals surface area contributed by atoms with E-state index in [0.29, 0.717) is 0 Å². The van der Waals surface area contributed by atoms with Crippen LogP contribution in [0, 0.1) is 23.2 Å². The molecule has 0 radical (unpaired) electrons. The quantitative estimate of drug-likeness (QED) is 0.692. The molecule has 2 N–H and O–H groups in total. The Morgan fingerprint density at radius 1 is 1.07 bits per heavy atom. The van der Waals surface area contributed by atoms with Crippen LogP contribution in [0.15, 0.2) is 23.1 Å². The van der Waals surface area contributed by atoms with Crippen molar-refractivity contribution in [2.45, 2.75) is 76.3 Å². The molecule has 4 fully saturated rings. The summed E-state index contributed by atoms with van der Waals surface area (Å²) in [5, 5.41) is 3.44. The van der Waals surface area contributed by atoms with Gasteiger partial charge in [0, 0.05) is 12.1 Å². The Balaban J connectivity index is 1.53. The number of carbonyl (C=O) groups excluding carboxylic acids is 1. The van der Waals surface area contributed by atoms with Crippen molar-refractivity contribution in [2.75, 3.05) is 0 Å². The maximum Gasteiger partial charge on any atom is 0.253 e. The molecule has 29 heavy (non-hydrogen) atoms. The second-order valence-electron chi connectivity index (χ2n) is 9.89. The predicted octanol–water partition coefficient (Wildman–Crippen LogP) is 4.36. The zero-order valence-corrected chi connectivity index (χ0v) is 18.9. The van der Waals surface area contributed by atoms with Crippen molar-refractivity contribution >= 4 is 27.5 Å². The highest BCUT2D eigenvalue weighted by atomic mass is 35.5. The maximum absolute atomic E-state index is 13.1. The van der Waals surface area contributed by atoms with E-state index in [2.05, 4.69) is 17.0 Å². The van der Waals surface area contributed by atoms with E-state index in [9.17, 15) is 13.2 Å². The Bertz CT molecular complexity index is 877. The number of nitrogens with one attached hydrogen (secondary N) is 2. The Morgan fingerprint density at radius 2 is 1.62 bits per heavy atom. The minimum atomic E-state index is -3.69. The fraction of sp³-hybridized carbons (Fsp3) is 0.682. The van der Waals surface area contributed by atoms with Gasteiger partial charge in [-0.1, -0.05) is 11.6 Å². The molecule has 1 atom stereocenters. The molecule has 4 aliphatic rings. The molecule has 0 unspecified atom stereocenters. The van der Waals surface area contributed by atoms with E-state index in [1.165, 1.54) is 56.7 Å². The molecule has 0 saturated heterocycles. The summed E-state index contributed by atoms with van der Waals surface area (Å²) in [6, 6.07) is 4.12. The van der Waals surface area contributed by atoms with E-state index >= 15 is 0 Å². The zero-order chi connectivity index (χ0) is 21.0. The second-order valence-corrected chi connectivity index (χ2v) is 12.0. The van der Waals surface area contributed by atoms with Crippen molar-refractivity contribution in [1.82, 2.24) is 10.0 Å². The SMILES string of the molecule is CC(C)NS(=O)(=O)c1ccc(Cl)c(C(=O)N[C@H](C)C23CC4CC(CC(C4)C2)C3)c1. The molecule has 0 spiro atoms. The highest BCUT2D eigenvalue weighted by Gasteiger charge is 2.53. The summed E-state index contributed by atoms with van der Waals surface area (Å²) in [5.41, 5.74) is 0.398. The topological polar surface area (TPSA) is 75.3 Å². The lowest BCUT2D eigenvalue weighted by Gasteiger charge is -2.59. The van der Waals surface area contributed by atoms with E-state index < -0.39 is 10.0 Å². The molecule has 7 heteroatoms. The van der Waals surface area contributed by atoms with Gasteiger partial charge in [0.15, 0.2) is 0 Å². The summed E-state index contributed by atoms with van der Waals surface area (Å²) in [5.74, 6) is 2.12. The lowest BCUT2D eigenvalue weighted by molar-refractivity contribution is -0.0688.